The minimum atomic E-state index is -2.89. The zero-order valence-corrected chi connectivity index (χ0v) is 13.6. The Hall–Kier alpha value is 0.359. The molecule has 0 aliphatic carbocycles. The molecule has 0 spiro atoms. The maximum atomic E-state index is 10.7. The molecule has 0 rings (SSSR count). The first-order chi connectivity index (χ1) is 7.17. The minimum absolute atomic E-state index is 0. The van der Waals surface area contributed by atoms with Gasteiger partial charge in [-0.25, -0.2) is 9.59 Å². The molecule has 98 valence electrons. The van der Waals surface area contributed by atoms with Gasteiger partial charge in [-0.3, -0.25) is 9.59 Å². The van der Waals surface area contributed by atoms with Gasteiger partial charge in [0.1, 0.15) is 0 Å². The smallest absolute Gasteiger partial charge is 1.00 e. The molecule has 0 fully saturated rings. The Balaban J connectivity index is -0.0000000750. The van der Waals surface area contributed by atoms with Crippen molar-refractivity contribution in [1.82, 2.24) is 0 Å². The van der Waals surface area contributed by atoms with Crippen LogP contribution in [0.15, 0.2) is 0 Å². The molecule has 1 unspecified atom stereocenters. The second-order valence-electron chi connectivity index (χ2n) is 2.82. The van der Waals surface area contributed by atoms with Crippen LogP contribution in [0, 0.1) is 0 Å². The number of hydrogen-bond acceptors (Lipinski definition) is 6. The second kappa shape index (κ2) is 10.2. The molecule has 0 bridgehead atoms. The van der Waals surface area contributed by atoms with E-state index in [0.29, 0.717) is 0 Å². The maximum Gasteiger partial charge on any atom is 2.00 e. The van der Waals surface area contributed by atoms with Gasteiger partial charge < -0.3 is 30.9 Å². The minimum Gasteiger partial charge on any atom is -1.00 e. The van der Waals surface area contributed by atoms with E-state index in [1.54, 1.807) is 0 Å². The van der Waals surface area contributed by atoms with Crippen molar-refractivity contribution in [2.24, 2.45) is 0 Å². The Morgan fingerprint density at radius 1 is 1.00 bits per heavy atom. The number of carboxylic acids is 2. The molecule has 0 aliphatic heterocycles. The Bertz CT molecular complexity index is 357. The van der Waals surface area contributed by atoms with Crippen LogP contribution in [0.2, 0.25) is 0 Å². The summed E-state index contributed by atoms with van der Waals surface area (Å²) in [6.45, 7) is 0. The van der Waals surface area contributed by atoms with Crippen LogP contribution in [0.1, 0.15) is 18.5 Å². The van der Waals surface area contributed by atoms with Gasteiger partial charge in [0, 0.05) is 0 Å². The van der Waals surface area contributed by atoms with E-state index in [1.165, 1.54) is 0 Å². The summed E-state index contributed by atoms with van der Waals surface area (Å²) in [5, 5.41) is 34.1. The maximum absolute atomic E-state index is 10.7. The Labute approximate surface area is 166 Å². The zero-order chi connectivity index (χ0) is 12.9. The number of aliphatic carboxylic acids is 2. The number of rotatable bonds is 5. The summed E-state index contributed by atoms with van der Waals surface area (Å²) >= 11 is 0. The van der Waals surface area contributed by atoms with E-state index in [9.17, 15) is 24.3 Å². The van der Waals surface area contributed by atoms with E-state index in [-0.39, 0.29) is 81.2 Å². The van der Waals surface area contributed by atoms with E-state index in [1.807, 2.05) is 0 Å². The third-order valence-corrected chi connectivity index (χ3v) is 1.48. The molecule has 4 N–H and O–H groups in total. The van der Waals surface area contributed by atoms with Crippen LogP contribution < -0.4 is 0 Å². The zero-order valence-electron chi connectivity index (χ0n) is 13.2. The van der Waals surface area contributed by atoms with Gasteiger partial charge in [0.2, 0.25) is 0 Å². The molecule has 0 aromatic rings. The first-order valence-electron chi connectivity index (χ1n) is 3.78. The molecule has 1 atom stereocenters. The normalized spacial score (nSPS) is 12.1. The standard InChI is InChI=1S/C7H8O9.2Ca.4H/c8-3(9)1-7(15,5(11)12)2-4(10)16-6(13)14;;;;;;/h15H,1-2H2,(H,8,9)(H,11,12)(H,13,14);;;;;;/q;2*+2;4*-1. The number of carbonyl (C=O) groups is 4. The molecule has 0 radical (unpaired) electrons. The molecular formula is C7H12Ca2O9. The van der Waals surface area contributed by atoms with Crippen LogP contribution in [0.4, 0.5) is 4.79 Å². The van der Waals surface area contributed by atoms with E-state index in [4.69, 9.17) is 15.3 Å². The quantitative estimate of drug-likeness (QED) is 0.271. The fourth-order valence-corrected chi connectivity index (χ4v) is 0.836. The summed E-state index contributed by atoms with van der Waals surface area (Å²) in [6, 6.07) is 0. The number of carbonyl (C=O) groups excluding carboxylic acids is 1. The largest absolute Gasteiger partial charge is 2.00 e. The summed E-state index contributed by atoms with van der Waals surface area (Å²) < 4.78 is 3.54. The molecule has 0 amide bonds. The Kier molecular flexibility index (Phi) is 13.3. The first-order valence-corrected chi connectivity index (χ1v) is 3.78. The van der Waals surface area contributed by atoms with Gasteiger partial charge in [-0.05, 0) is 0 Å². The van der Waals surface area contributed by atoms with Gasteiger partial charge in [0.05, 0.1) is 12.8 Å². The first kappa shape index (κ1) is 23.5. The van der Waals surface area contributed by atoms with E-state index < -0.39 is 42.5 Å². The third kappa shape index (κ3) is 9.31. The number of ether oxygens (including phenoxy) is 1. The fraction of sp³-hybridized carbons (Fsp3) is 0.429. The van der Waals surface area contributed by atoms with Crippen molar-refractivity contribution in [2.75, 3.05) is 0 Å². The molecule has 9 nitrogen and oxygen atoms in total. The number of esters is 1. The van der Waals surface area contributed by atoms with Crippen molar-refractivity contribution in [3.63, 3.8) is 0 Å². The third-order valence-electron chi connectivity index (χ3n) is 1.48. The molecule has 0 saturated heterocycles. The predicted molar refractivity (Wildman–Crippen MR) is 59.5 cm³/mol. The van der Waals surface area contributed by atoms with Crippen LogP contribution in [0.25, 0.3) is 0 Å². The van der Waals surface area contributed by atoms with Gasteiger partial charge in [0.15, 0.2) is 5.60 Å². The molecule has 18 heavy (non-hydrogen) atoms. The van der Waals surface area contributed by atoms with E-state index >= 15 is 0 Å². The average molecular weight is 320 g/mol. The second-order valence-corrected chi connectivity index (χ2v) is 2.82. The molecule has 0 aromatic heterocycles. The van der Waals surface area contributed by atoms with E-state index in [2.05, 4.69) is 4.74 Å². The number of aliphatic hydroxyl groups is 1. The monoisotopic (exact) mass is 320 g/mol. The van der Waals surface area contributed by atoms with Crippen LogP contribution in [-0.2, 0) is 19.1 Å². The van der Waals surface area contributed by atoms with Crippen molar-refractivity contribution >= 4 is 99.5 Å². The van der Waals surface area contributed by atoms with Gasteiger partial charge in [-0.15, -0.1) is 0 Å². The molecule has 0 aliphatic rings. The molecule has 0 aromatic carbocycles. The van der Waals surface area contributed by atoms with Crippen LogP contribution in [0.5, 0.6) is 0 Å². The molecular weight excluding hydrogens is 308 g/mol. The molecule has 11 heteroatoms. The van der Waals surface area contributed by atoms with Crippen molar-refractivity contribution < 1.29 is 50.0 Å². The van der Waals surface area contributed by atoms with E-state index in [0.717, 1.165) is 0 Å². The van der Waals surface area contributed by atoms with Crippen molar-refractivity contribution in [1.29, 1.82) is 0 Å². The van der Waals surface area contributed by atoms with Gasteiger partial charge in [0.25, 0.3) is 0 Å². The molecule has 0 heterocycles. The van der Waals surface area contributed by atoms with Gasteiger partial charge in [-0.1, -0.05) is 0 Å². The summed E-state index contributed by atoms with van der Waals surface area (Å²) in [5.41, 5.74) is -2.89. The van der Waals surface area contributed by atoms with Crippen molar-refractivity contribution in [3.8, 4) is 0 Å². The van der Waals surface area contributed by atoms with Crippen LogP contribution in [-0.4, -0.2) is 126 Å². The van der Waals surface area contributed by atoms with Crippen LogP contribution >= 0.6 is 0 Å². The Morgan fingerprint density at radius 3 is 1.72 bits per heavy atom. The number of hydrogen-bond donors (Lipinski definition) is 4. The fourth-order valence-electron chi connectivity index (χ4n) is 0.836. The summed E-state index contributed by atoms with van der Waals surface area (Å²) in [7, 11) is 0. The molecule has 0 saturated carbocycles. The van der Waals surface area contributed by atoms with Gasteiger partial charge >= 0.3 is 99.5 Å². The summed E-state index contributed by atoms with van der Waals surface area (Å²) in [4.78, 5) is 41.4. The SMILES string of the molecule is O=C(O)CC(O)(CC(=O)OC(=O)O)C(=O)O.[Ca+2].[Ca+2].[H-].[H-].[H-].[H-]. The predicted octanol–water partition coefficient (Wildman–Crippen LogP) is -1.42. The van der Waals surface area contributed by atoms with Gasteiger partial charge in [-0.2, -0.15) is 0 Å². The number of carboxylic acid groups (broad SMARTS) is 3. The summed E-state index contributed by atoms with van der Waals surface area (Å²) in [5.74, 6) is -5.18. The van der Waals surface area contributed by atoms with Crippen molar-refractivity contribution in [3.05, 3.63) is 0 Å². The van der Waals surface area contributed by atoms with Crippen molar-refractivity contribution in [2.45, 2.75) is 18.4 Å². The topological polar surface area (TPSA) is 158 Å². The summed E-state index contributed by atoms with van der Waals surface area (Å²) in [6.07, 6.45) is -4.51. The Morgan fingerprint density at radius 2 is 1.44 bits per heavy atom. The van der Waals surface area contributed by atoms with Crippen LogP contribution in [0.3, 0.4) is 0 Å². The average Bonchev–Trinajstić information content (AvgIpc) is 1.98.